The average Bonchev–Trinajstić information content (AvgIpc) is 2.63. The molecule has 0 spiro atoms. The van der Waals surface area contributed by atoms with Crippen molar-refractivity contribution in [1.29, 1.82) is 0 Å². The van der Waals surface area contributed by atoms with E-state index in [0.717, 1.165) is 12.1 Å². The smallest absolute Gasteiger partial charge is 0.283 e. The third-order valence-electron chi connectivity index (χ3n) is 4.40. The van der Waals surface area contributed by atoms with Crippen LogP contribution in [-0.2, 0) is 14.9 Å². The molecule has 0 radical (unpaired) electrons. The van der Waals surface area contributed by atoms with Crippen LogP contribution < -0.4 is 0 Å². The van der Waals surface area contributed by atoms with E-state index in [9.17, 15) is 23.2 Å². The van der Waals surface area contributed by atoms with Crippen molar-refractivity contribution in [2.24, 2.45) is 0 Å². The van der Waals surface area contributed by atoms with E-state index in [4.69, 9.17) is 46.4 Å². The molecule has 3 aromatic carbocycles. The van der Waals surface area contributed by atoms with E-state index in [1.165, 1.54) is 24.3 Å². The minimum Gasteiger partial charge on any atom is -0.504 e. The Labute approximate surface area is 186 Å². The first kappa shape index (κ1) is 22.0. The van der Waals surface area contributed by atoms with Crippen LogP contribution in [0.4, 0.5) is 0 Å². The predicted octanol–water partition coefficient (Wildman–Crippen LogP) is 5.89. The second-order valence-corrected chi connectivity index (χ2v) is 9.25. The number of benzene rings is 3. The highest BCUT2D eigenvalue weighted by Gasteiger charge is 2.52. The summed E-state index contributed by atoms with van der Waals surface area (Å²) >= 11 is 24.9. The summed E-state index contributed by atoms with van der Waals surface area (Å²) in [4.78, 5) is 0. The summed E-state index contributed by atoms with van der Waals surface area (Å²) in [6, 6.07) is 12.3. The molecule has 0 aromatic heterocycles. The summed E-state index contributed by atoms with van der Waals surface area (Å²) in [5.74, 6) is -1.35. The summed E-state index contributed by atoms with van der Waals surface area (Å²) in [6.07, 6.45) is 0. The van der Waals surface area contributed by atoms with Crippen molar-refractivity contribution in [3.63, 3.8) is 0 Å². The lowest BCUT2D eigenvalue weighted by Gasteiger charge is -2.34. The Morgan fingerprint density at radius 2 is 1.38 bits per heavy atom. The standard InChI is InChI=1S/C19H12Cl4O5S/c20-11-8-13(21)16(14(22)9-11)19(29(26,27)28,10-4-2-1-3-5-10)12-6-7-15(24)18(25)17(12)23/h1-9,24-25H,(H,26,27,28). The van der Waals surface area contributed by atoms with E-state index in [2.05, 4.69) is 0 Å². The second kappa shape index (κ2) is 7.87. The fraction of sp³-hybridized carbons (Fsp3) is 0.0526. The van der Waals surface area contributed by atoms with Crippen molar-refractivity contribution in [2.75, 3.05) is 0 Å². The van der Waals surface area contributed by atoms with Crippen LogP contribution in [-0.4, -0.2) is 23.2 Å². The van der Waals surface area contributed by atoms with Gasteiger partial charge in [-0.3, -0.25) is 4.55 Å². The first-order valence-corrected chi connectivity index (χ1v) is 10.9. The van der Waals surface area contributed by atoms with Gasteiger partial charge in [-0.2, -0.15) is 8.42 Å². The van der Waals surface area contributed by atoms with Crippen molar-refractivity contribution in [3.8, 4) is 11.5 Å². The highest BCUT2D eigenvalue weighted by Crippen LogP contribution is 2.53. The van der Waals surface area contributed by atoms with Gasteiger partial charge in [-0.05, 0) is 23.8 Å². The van der Waals surface area contributed by atoms with Crippen molar-refractivity contribution in [3.05, 3.63) is 91.4 Å². The molecule has 0 aliphatic heterocycles. The lowest BCUT2D eigenvalue weighted by molar-refractivity contribution is 0.402. The largest absolute Gasteiger partial charge is 0.504 e. The molecule has 0 amide bonds. The molecule has 0 saturated heterocycles. The Balaban J connectivity index is 2.64. The van der Waals surface area contributed by atoms with Gasteiger partial charge in [0.15, 0.2) is 16.2 Å². The summed E-state index contributed by atoms with van der Waals surface area (Å²) in [6.45, 7) is 0. The molecule has 5 nitrogen and oxygen atoms in total. The molecular weight excluding hydrogens is 482 g/mol. The quantitative estimate of drug-likeness (QED) is 0.239. The molecule has 0 fully saturated rings. The van der Waals surface area contributed by atoms with Crippen LogP contribution in [0.3, 0.4) is 0 Å². The molecule has 0 aliphatic rings. The van der Waals surface area contributed by atoms with E-state index in [1.807, 2.05) is 0 Å². The van der Waals surface area contributed by atoms with Crippen LogP contribution in [0.15, 0.2) is 54.6 Å². The van der Waals surface area contributed by atoms with E-state index in [0.29, 0.717) is 0 Å². The maximum absolute atomic E-state index is 13.0. The van der Waals surface area contributed by atoms with Gasteiger partial charge in [0, 0.05) is 26.2 Å². The monoisotopic (exact) mass is 492 g/mol. The normalized spacial score (nSPS) is 13.8. The van der Waals surface area contributed by atoms with Gasteiger partial charge >= 0.3 is 0 Å². The summed E-state index contributed by atoms with van der Waals surface area (Å²) in [5.41, 5.74) is -0.444. The first-order chi connectivity index (χ1) is 13.5. The highest BCUT2D eigenvalue weighted by molar-refractivity contribution is 7.87. The molecule has 1 atom stereocenters. The zero-order valence-electron chi connectivity index (χ0n) is 14.3. The van der Waals surface area contributed by atoms with Crippen LogP contribution in [0.25, 0.3) is 0 Å². The Morgan fingerprint density at radius 1 is 0.828 bits per heavy atom. The fourth-order valence-electron chi connectivity index (χ4n) is 3.23. The number of phenolic OH excluding ortho intramolecular Hbond substituents is 2. The second-order valence-electron chi connectivity index (χ2n) is 6.06. The van der Waals surface area contributed by atoms with Crippen molar-refractivity contribution >= 4 is 56.5 Å². The third-order valence-corrected chi connectivity index (χ3v) is 7.03. The number of phenols is 2. The van der Waals surface area contributed by atoms with Crippen molar-refractivity contribution in [2.45, 2.75) is 4.75 Å². The Kier molecular flexibility index (Phi) is 5.98. The molecule has 0 saturated carbocycles. The van der Waals surface area contributed by atoms with Gasteiger partial charge < -0.3 is 10.2 Å². The van der Waals surface area contributed by atoms with Gasteiger partial charge in [-0.25, -0.2) is 0 Å². The third kappa shape index (κ3) is 3.54. The molecule has 152 valence electrons. The number of hydrogen-bond donors (Lipinski definition) is 3. The molecule has 0 bridgehead atoms. The molecule has 29 heavy (non-hydrogen) atoms. The van der Waals surface area contributed by atoms with Gasteiger partial charge in [-0.15, -0.1) is 0 Å². The molecule has 3 rings (SSSR count). The molecular formula is C19H12Cl4O5S. The lowest BCUT2D eigenvalue weighted by atomic mass is 9.83. The molecule has 3 N–H and O–H groups in total. The van der Waals surface area contributed by atoms with Crippen LogP contribution in [0.1, 0.15) is 16.7 Å². The van der Waals surface area contributed by atoms with Gasteiger partial charge in [-0.1, -0.05) is 82.8 Å². The van der Waals surface area contributed by atoms with Gasteiger partial charge in [0.1, 0.15) is 0 Å². The molecule has 0 heterocycles. The van der Waals surface area contributed by atoms with Crippen LogP contribution in [0.5, 0.6) is 11.5 Å². The lowest BCUT2D eigenvalue weighted by Crippen LogP contribution is -2.39. The molecule has 1 unspecified atom stereocenters. The van der Waals surface area contributed by atoms with E-state index in [-0.39, 0.29) is 31.8 Å². The minimum atomic E-state index is -5.08. The Morgan fingerprint density at radius 3 is 1.90 bits per heavy atom. The van der Waals surface area contributed by atoms with Crippen LogP contribution in [0, 0.1) is 0 Å². The predicted molar refractivity (Wildman–Crippen MR) is 114 cm³/mol. The topological polar surface area (TPSA) is 94.8 Å². The molecule has 3 aromatic rings. The SMILES string of the molecule is O=S(=O)(O)C(c1ccccc1)(c1ccc(O)c(O)c1Cl)c1c(Cl)cc(Cl)cc1Cl. The Bertz CT molecular complexity index is 1180. The van der Waals surface area contributed by atoms with Crippen LogP contribution >= 0.6 is 46.4 Å². The number of rotatable bonds is 4. The number of aromatic hydroxyl groups is 2. The van der Waals surface area contributed by atoms with Gasteiger partial charge in [0.25, 0.3) is 10.1 Å². The molecule has 10 heteroatoms. The van der Waals surface area contributed by atoms with E-state index < -0.39 is 31.4 Å². The van der Waals surface area contributed by atoms with E-state index in [1.54, 1.807) is 18.2 Å². The zero-order chi connectivity index (χ0) is 21.6. The first-order valence-electron chi connectivity index (χ1n) is 7.90. The molecule has 0 aliphatic carbocycles. The van der Waals surface area contributed by atoms with Crippen LogP contribution in [0.2, 0.25) is 20.1 Å². The Hall–Kier alpha value is -1.67. The number of hydrogen-bond acceptors (Lipinski definition) is 4. The number of halogens is 4. The summed E-state index contributed by atoms with van der Waals surface area (Å²) in [5, 5.41) is 19.2. The minimum absolute atomic E-state index is 0.0422. The van der Waals surface area contributed by atoms with E-state index >= 15 is 0 Å². The van der Waals surface area contributed by atoms with Gasteiger partial charge in [0.05, 0.1) is 5.02 Å². The maximum atomic E-state index is 13.0. The summed E-state index contributed by atoms with van der Waals surface area (Å²) in [7, 11) is -5.08. The van der Waals surface area contributed by atoms with Crippen molar-refractivity contribution in [1.82, 2.24) is 0 Å². The van der Waals surface area contributed by atoms with Crippen molar-refractivity contribution < 1.29 is 23.2 Å². The maximum Gasteiger partial charge on any atom is 0.283 e. The van der Waals surface area contributed by atoms with Gasteiger partial charge in [0.2, 0.25) is 0 Å². The zero-order valence-corrected chi connectivity index (χ0v) is 18.1. The highest BCUT2D eigenvalue weighted by atomic mass is 35.5. The summed E-state index contributed by atoms with van der Waals surface area (Å²) < 4.78 is 34.1. The fourth-order valence-corrected chi connectivity index (χ4v) is 6.16. The average molecular weight is 494 g/mol.